The van der Waals surface area contributed by atoms with Crippen molar-refractivity contribution in [3.8, 4) is 17.6 Å². The summed E-state index contributed by atoms with van der Waals surface area (Å²) in [6, 6.07) is 13.9. The summed E-state index contributed by atoms with van der Waals surface area (Å²) in [5.41, 5.74) is 0.915. The van der Waals surface area contributed by atoms with Gasteiger partial charge in [-0.1, -0.05) is 12.1 Å². The highest BCUT2D eigenvalue weighted by molar-refractivity contribution is 9.10. The van der Waals surface area contributed by atoms with Crippen LogP contribution < -0.4 is 9.47 Å². The van der Waals surface area contributed by atoms with Crippen LogP contribution in [-0.4, -0.2) is 19.5 Å². The van der Waals surface area contributed by atoms with Crippen LogP contribution in [0.3, 0.4) is 0 Å². The standard InChI is InChI=1S/C16H12BrNO3/c1-20-16-7-6-11(8-13(16)17)14(19)10-21-15-5-3-2-4-12(15)9-18/h2-8H,10H2,1H3. The molecule has 106 valence electrons. The molecule has 2 aromatic rings. The Bertz CT molecular complexity index is 707. The van der Waals surface area contributed by atoms with E-state index in [1.807, 2.05) is 6.07 Å². The Morgan fingerprint density at radius 1 is 1.24 bits per heavy atom. The monoisotopic (exact) mass is 345 g/mol. The van der Waals surface area contributed by atoms with Gasteiger partial charge < -0.3 is 9.47 Å². The summed E-state index contributed by atoms with van der Waals surface area (Å²) < 4.78 is 11.2. The second kappa shape index (κ2) is 6.91. The molecule has 0 N–H and O–H groups in total. The number of methoxy groups -OCH3 is 1. The first kappa shape index (κ1) is 15.1. The van der Waals surface area contributed by atoms with Gasteiger partial charge in [-0.15, -0.1) is 0 Å². The minimum atomic E-state index is -0.175. The van der Waals surface area contributed by atoms with Gasteiger partial charge in [0.25, 0.3) is 0 Å². The zero-order chi connectivity index (χ0) is 15.2. The number of halogens is 1. The SMILES string of the molecule is COc1ccc(C(=O)COc2ccccc2C#N)cc1Br. The molecule has 0 amide bonds. The number of Topliss-reactive ketones (excluding diaryl/α,β-unsaturated/α-hetero) is 1. The van der Waals surface area contributed by atoms with Crippen molar-refractivity contribution in [2.75, 3.05) is 13.7 Å². The van der Waals surface area contributed by atoms with Gasteiger partial charge in [0, 0.05) is 5.56 Å². The van der Waals surface area contributed by atoms with Crippen LogP contribution in [0.2, 0.25) is 0 Å². The summed E-state index contributed by atoms with van der Waals surface area (Å²) in [6.07, 6.45) is 0. The molecule has 0 atom stereocenters. The third-order valence-corrected chi connectivity index (χ3v) is 3.46. The third kappa shape index (κ3) is 3.61. The maximum absolute atomic E-state index is 12.1. The molecule has 0 aliphatic rings. The molecular formula is C16H12BrNO3. The van der Waals surface area contributed by atoms with Crippen LogP contribution >= 0.6 is 15.9 Å². The van der Waals surface area contributed by atoms with Crippen molar-refractivity contribution in [1.82, 2.24) is 0 Å². The topological polar surface area (TPSA) is 59.3 Å². The summed E-state index contributed by atoms with van der Waals surface area (Å²) in [7, 11) is 1.56. The van der Waals surface area contributed by atoms with Crippen molar-refractivity contribution < 1.29 is 14.3 Å². The number of ether oxygens (including phenoxy) is 2. The minimum absolute atomic E-state index is 0.128. The Kier molecular flexibility index (Phi) is 4.96. The van der Waals surface area contributed by atoms with E-state index in [-0.39, 0.29) is 12.4 Å². The lowest BCUT2D eigenvalue weighted by atomic mass is 10.1. The quantitative estimate of drug-likeness (QED) is 0.777. The molecule has 5 heteroatoms. The Hall–Kier alpha value is -2.32. The van der Waals surface area contributed by atoms with Crippen molar-refractivity contribution >= 4 is 21.7 Å². The van der Waals surface area contributed by atoms with E-state index < -0.39 is 0 Å². The number of nitriles is 1. The minimum Gasteiger partial charge on any atom is -0.496 e. The third-order valence-electron chi connectivity index (χ3n) is 2.84. The number of carbonyl (C=O) groups excluding carboxylic acids is 1. The van der Waals surface area contributed by atoms with Crippen molar-refractivity contribution in [2.24, 2.45) is 0 Å². The Labute approximate surface area is 131 Å². The number of para-hydroxylation sites is 1. The van der Waals surface area contributed by atoms with Crippen molar-refractivity contribution in [1.29, 1.82) is 5.26 Å². The van der Waals surface area contributed by atoms with Crippen molar-refractivity contribution in [3.05, 3.63) is 58.1 Å². The maximum atomic E-state index is 12.1. The molecule has 0 spiro atoms. The molecule has 0 aliphatic heterocycles. The van der Waals surface area contributed by atoms with E-state index in [0.717, 1.165) is 0 Å². The van der Waals surface area contributed by atoms with Gasteiger partial charge in [-0.2, -0.15) is 5.26 Å². The molecule has 2 aromatic carbocycles. The van der Waals surface area contributed by atoms with Crippen molar-refractivity contribution in [3.63, 3.8) is 0 Å². The van der Waals surface area contributed by atoms with Gasteiger partial charge >= 0.3 is 0 Å². The molecule has 0 heterocycles. The van der Waals surface area contributed by atoms with E-state index >= 15 is 0 Å². The van der Waals surface area contributed by atoms with Gasteiger partial charge in [0.2, 0.25) is 0 Å². The van der Waals surface area contributed by atoms with E-state index in [1.54, 1.807) is 49.6 Å². The number of carbonyl (C=O) groups is 1. The fourth-order valence-electron chi connectivity index (χ4n) is 1.75. The Morgan fingerprint density at radius 2 is 2.00 bits per heavy atom. The lowest BCUT2D eigenvalue weighted by Gasteiger charge is -2.08. The fourth-order valence-corrected chi connectivity index (χ4v) is 2.29. The molecule has 0 bridgehead atoms. The Morgan fingerprint density at radius 3 is 2.67 bits per heavy atom. The van der Waals surface area contributed by atoms with Crippen LogP contribution in [0.25, 0.3) is 0 Å². The number of hydrogen-bond acceptors (Lipinski definition) is 4. The second-order valence-electron chi connectivity index (χ2n) is 4.17. The van der Waals surface area contributed by atoms with E-state index in [9.17, 15) is 4.79 Å². The van der Waals surface area contributed by atoms with Crippen LogP contribution in [0.4, 0.5) is 0 Å². The molecule has 0 radical (unpaired) electrons. The van der Waals surface area contributed by atoms with Crippen LogP contribution in [0.15, 0.2) is 46.9 Å². The molecule has 0 unspecified atom stereocenters. The van der Waals surface area contributed by atoms with Gasteiger partial charge in [-0.05, 0) is 46.3 Å². The number of rotatable bonds is 5. The second-order valence-corrected chi connectivity index (χ2v) is 5.02. The lowest BCUT2D eigenvalue weighted by Crippen LogP contribution is -2.12. The highest BCUT2D eigenvalue weighted by Crippen LogP contribution is 2.26. The van der Waals surface area contributed by atoms with Gasteiger partial charge in [0.1, 0.15) is 17.6 Å². The normalized spacial score (nSPS) is 9.76. The van der Waals surface area contributed by atoms with Gasteiger partial charge in [-0.25, -0.2) is 0 Å². The first-order valence-corrected chi connectivity index (χ1v) is 6.93. The van der Waals surface area contributed by atoms with Crippen molar-refractivity contribution in [2.45, 2.75) is 0 Å². The van der Waals surface area contributed by atoms with Crippen LogP contribution in [0.5, 0.6) is 11.5 Å². The average molecular weight is 346 g/mol. The van der Waals surface area contributed by atoms with Gasteiger partial charge in [-0.3, -0.25) is 4.79 Å². The lowest BCUT2D eigenvalue weighted by molar-refractivity contribution is 0.0921. The van der Waals surface area contributed by atoms with E-state index in [4.69, 9.17) is 14.7 Å². The molecule has 21 heavy (non-hydrogen) atoms. The van der Waals surface area contributed by atoms with E-state index in [1.165, 1.54) is 0 Å². The molecule has 0 aliphatic carbocycles. The largest absolute Gasteiger partial charge is 0.496 e. The highest BCUT2D eigenvalue weighted by atomic mass is 79.9. The van der Waals surface area contributed by atoms with E-state index in [0.29, 0.717) is 27.1 Å². The summed E-state index contributed by atoms with van der Waals surface area (Å²) in [6.45, 7) is -0.128. The maximum Gasteiger partial charge on any atom is 0.200 e. The zero-order valence-electron chi connectivity index (χ0n) is 11.3. The zero-order valence-corrected chi connectivity index (χ0v) is 12.9. The molecular weight excluding hydrogens is 334 g/mol. The average Bonchev–Trinajstić information content (AvgIpc) is 2.52. The smallest absolute Gasteiger partial charge is 0.200 e. The molecule has 0 saturated carbocycles. The first-order valence-electron chi connectivity index (χ1n) is 6.14. The molecule has 0 fully saturated rings. The molecule has 2 rings (SSSR count). The fraction of sp³-hybridized carbons (Fsp3) is 0.125. The molecule has 0 saturated heterocycles. The van der Waals surface area contributed by atoms with Crippen LogP contribution in [-0.2, 0) is 0 Å². The summed E-state index contributed by atoms with van der Waals surface area (Å²) in [5, 5.41) is 8.96. The van der Waals surface area contributed by atoms with E-state index in [2.05, 4.69) is 15.9 Å². The van der Waals surface area contributed by atoms with Crippen LogP contribution in [0.1, 0.15) is 15.9 Å². The number of ketones is 1. The summed E-state index contributed by atoms with van der Waals surface area (Å²) >= 11 is 3.33. The first-order chi connectivity index (χ1) is 10.2. The highest BCUT2D eigenvalue weighted by Gasteiger charge is 2.11. The van der Waals surface area contributed by atoms with Gasteiger partial charge in [0.15, 0.2) is 12.4 Å². The summed E-state index contributed by atoms with van der Waals surface area (Å²) in [4.78, 5) is 12.1. The predicted molar refractivity (Wildman–Crippen MR) is 81.7 cm³/mol. The number of benzene rings is 2. The van der Waals surface area contributed by atoms with Crippen LogP contribution in [0, 0.1) is 11.3 Å². The Balaban J connectivity index is 2.09. The molecule has 0 aromatic heterocycles. The summed E-state index contributed by atoms with van der Waals surface area (Å²) in [5.74, 6) is 0.884. The number of nitrogens with zero attached hydrogens (tertiary/aromatic N) is 1. The predicted octanol–water partition coefficient (Wildman–Crippen LogP) is 3.59. The van der Waals surface area contributed by atoms with Gasteiger partial charge in [0.05, 0.1) is 17.1 Å². The number of hydrogen-bond donors (Lipinski definition) is 0. The molecule has 4 nitrogen and oxygen atoms in total.